The minimum atomic E-state index is -3.39. The van der Waals surface area contributed by atoms with Crippen molar-refractivity contribution in [1.82, 2.24) is 4.72 Å². The van der Waals surface area contributed by atoms with Gasteiger partial charge in [0.2, 0.25) is 10.0 Å². The summed E-state index contributed by atoms with van der Waals surface area (Å²) in [6.07, 6.45) is 5.40. The Bertz CT molecular complexity index is 378. The van der Waals surface area contributed by atoms with E-state index in [1.165, 1.54) is 6.42 Å². The molecule has 0 aromatic carbocycles. The summed E-state index contributed by atoms with van der Waals surface area (Å²) in [6.45, 7) is 2.54. The van der Waals surface area contributed by atoms with Crippen molar-refractivity contribution in [1.29, 1.82) is 0 Å². The van der Waals surface area contributed by atoms with Gasteiger partial charge in [-0.15, -0.1) is 0 Å². The van der Waals surface area contributed by atoms with Crippen LogP contribution in [0.4, 0.5) is 0 Å². The summed E-state index contributed by atoms with van der Waals surface area (Å²) in [4.78, 5) is 0.242. The number of ether oxygens (including phenoxy) is 1. The molecule has 1 aliphatic carbocycles. The second-order valence-electron chi connectivity index (χ2n) is 4.91. The fourth-order valence-corrected chi connectivity index (χ4v) is 3.91. The molecule has 1 atom stereocenters. The number of hydrogen-bond donors (Lipinski definition) is 2. The van der Waals surface area contributed by atoms with Crippen LogP contribution in [0.3, 0.4) is 0 Å². The van der Waals surface area contributed by atoms with E-state index in [1.54, 1.807) is 0 Å². The first-order valence-corrected chi connectivity index (χ1v) is 8.89. The van der Waals surface area contributed by atoms with Crippen molar-refractivity contribution in [2.24, 2.45) is 11.7 Å². The first kappa shape index (κ1) is 16.8. The number of nitrogens with one attached hydrogen (secondary N) is 1. The second-order valence-corrected chi connectivity index (χ2v) is 7.26. The second kappa shape index (κ2) is 8.14. The number of thiocarbonyl (C=S) groups is 1. The number of sulfonamides is 1. The Balaban J connectivity index is 2.59. The van der Waals surface area contributed by atoms with Crippen LogP contribution in [-0.2, 0) is 14.8 Å². The molecule has 112 valence electrons. The van der Waals surface area contributed by atoms with Crippen molar-refractivity contribution in [3.63, 3.8) is 0 Å². The summed E-state index contributed by atoms with van der Waals surface area (Å²) >= 11 is 5.02. The summed E-state index contributed by atoms with van der Waals surface area (Å²) in [6, 6.07) is -0.415. The Kier molecular flexibility index (Phi) is 7.20. The van der Waals surface area contributed by atoms with E-state index in [1.807, 2.05) is 6.92 Å². The highest BCUT2D eigenvalue weighted by molar-refractivity contribution is 7.89. The first-order valence-electron chi connectivity index (χ1n) is 6.83. The first-order chi connectivity index (χ1) is 8.96. The molecule has 0 bridgehead atoms. The molecular weight excluding hydrogens is 284 g/mol. The van der Waals surface area contributed by atoms with Gasteiger partial charge in [0.1, 0.15) is 0 Å². The molecule has 0 heterocycles. The summed E-state index contributed by atoms with van der Waals surface area (Å²) in [5, 5.41) is 0. The van der Waals surface area contributed by atoms with E-state index in [9.17, 15) is 8.42 Å². The molecule has 0 saturated heterocycles. The lowest BCUT2D eigenvalue weighted by molar-refractivity contribution is 0.163. The van der Waals surface area contributed by atoms with Crippen LogP contribution >= 0.6 is 12.2 Å². The largest absolute Gasteiger partial charge is 0.392 e. The van der Waals surface area contributed by atoms with E-state index in [0.717, 1.165) is 25.7 Å². The van der Waals surface area contributed by atoms with E-state index in [4.69, 9.17) is 22.7 Å². The monoisotopic (exact) mass is 308 g/mol. The molecule has 1 fully saturated rings. The molecule has 0 spiro atoms. The molecule has 3 N–H and O–H groups in total. The van der Waals surface area contributed by atoms with E-state index < -0.39 is 16.1 Å². The van der Waals surface area contributed by atoms with Crippen molar-refractivity contribution >= 4 is 27.2 Å². The zero-order valence-electron chi connectivity index (χ0n) is 11.4. The molecule has 7 heteroatoms. The van der Waals surface area contributed by atoms with Gasteiger partial charge in [-0.05, 0) is 25.7 Å². The molecule has 19 heavy (non-hydrogen) atoms. The van der Waals surface area contributed by atoms with Crippen LogP contribution in [0.15, 0.2) is 0 Å². The topological polar surface area (TPSA) is 81.4 Å². The third-order valence-corrected chi connectivity index (χ3v) is 5.01. The molecule has 1 saturated carbocycles. The van der Waals surface area contributed by atoms with E-state index in [-0.39, 0.29) is 23.3 Å². The molecule has 0 radical (unpaired) electrons. The Morgan fingerprint density at radius 3 is 2.58 bits per heavy atom. The Morgan fingerprint density at radius 1 is 1.42 bits per heavy atom. The summed E-state index contributed by atoms with van der Waals surface area (Å²) in [5.74, 6) is 0.181. The van der Waals surface area contributed by atoms with Gasteiger partial charge in [0.15, 0.2) is 0 Å². The van der Waals surface area contributed by atoms with Gasteiger partial charge in [-0.2, -0.15) is 0 Å². The maximum atomic E-state index is 12.0. The smallest absolute Gasteiger partial charge is 0.214 e. The highest BCUT2D eigenvalue weighted by atomic mass is 32.2. The lowest BCUT2D eigenvalue weighted by Crippen LogP contribution is -2.49. The Hall–Kier alpha value is -0.240. The van der Waals surface area contributed by atoms with Crippen LogP contribution in [-0.4, -0.2) is 38.4 Å². The molecule has 0 aromatic rings. The predicted octanol–water partition coefficient (Wildman–Crippen LogP) is 1.18. The standard InChI is InChI=1S/C12H24N2O3S2/c1-2-17-8-9-19(15,16)14-11(12(13)18)10-6-4-3-5-7-10/h10-11,14H,2-9H2,1H3,(H2,13,18). The SMILES string of the molecule is CCOCCS(=O)(=O)NC(C(N)=S)C1CCCCC1. The number of nitrogens with two attached hydrogens (primary N) is 1. The highest BCUT2D eigenvalue weighted by Crippen LogP contribution is 2.27. The third-order valence-electron chi connectivity index (χ3n) is 3.43. The quantitative estimate of drug-likeness (QED) is 0.520. The van der Waals surface area contributed by atoms with Crippen molar-refractivity contribution in [2.45, 2.75) is 45.1 Å². The predicted molar refractivity (Wildman–Crippen MR) is 80.6 cm³/mol. The molecule has 0 aliphatic heterocycles. The average Bonchev–Trinajstić information content (AvgIpc) is 2.37. The van der Waals surface area contributed by atoms with E-state index in [0.29, 0.717) is 6.61 Å². The highest BCUT2D eigenvalue weighted by Gasteiger charge is 2.29. The minimum absolute atomic E-state index is 0.0489. The molecule has 1 rings (SSSR count). The van der Waals surface area contributed by atoms with Crippen molar-refractivity contribution < 1.29 is 13.2 Å². The van der Waals surface area contributed by atoms with Crippen LogP contribution in [0.5, 0.6) is 0 Å². The van der Waals surface area contributed by atoms with Crippen molar-refractivity contribution in [3.05, 3.63) is 0 Å². The Labute approximate surface area is 121 Å². The zero-order chi connectivity index (χ0) is 14.3. The van der Waals surface area contributed by atoms with Crippen LogP contribution in [0, 0.1) is 5.92 Å². The van der Waals surface area contributed by atoms with Gasteiger partial charge in [-0.25, -0.2) is 13.1 Å². The molecule has 0 aromatic heterocycles. The van der Waals surface area contributed by atoms with Gasteiger partial charge in [0, 0.05) is 6.61 Å². The van der Waals surface area contributed by atoms with E-state index >= 15 is 0 Å². The number of hydrogen-bond acceptors (Lipinski definition) is 4. The lowest BCUT2D eigenvalue weighted by Gasteiger charge is -2.29. The maximum absolute atomic E-state index is 12.0. The van der Waals surface area contributed by atoms with Gasteiger partial charge >= 0.3 is 0 Å². The molecule has 0 amide bonds. The summed E-state index contributed by atoms with van der Waals surface area (Å²) in [5.41, 5.74) is 5.70. The average molecular weight is 308 g/mol. The van der Waals surface area contributed by atoms with Gasteiger partial charge in [0.25, 0.3) is 0 Å². The van der Waals surface area contributed by atoms with E-state index in [2.05, 4.69) is 4.72 Å². The van der Waals surface area contributed by atoms with Crippen LogP contribution < -0.4 is 10.5 Å². The molecule has 1 aliphatic rings. The van der Waals surface area contributed by atoms with Crippen molar-refractivity contribution in [3.8, 4) is 0 Å². The summed E-state index contributed by atoms with van der Waals surface area (Å²) < 4.78 is 31.6. The van der Waals surface area contributed by atoms with Crippen LogP contribution in [0.1, 0.15) is 39.0 Å². The Morgan fingerprint density at radius 2 is 2.05 bits per heavy atom. The summed E-state index contributed by atoms with van der Waals surface area (Å²) in [7, 11) is -3.39. The molecule has 5 nitrogen and oxygen atoms in total. The third kappa shape index (κ3) is 6.16. The fraction of sp³-hybridized carbons (Fsp3) is 0.917. The van der Waals surface area contributed by atoms with Gasteiger partial charge in [-0.3, -0.25) is 0 Å². The normalized spacial score (nSPS) is 19.2. The molecule has 1 unspecified atom stereocenters. The van der Waals surface area contributed by atoms with Gasteiger partial charge < -0.3 is 10.5 Å². The minimum Gasteiger partial charge on any atom is -0.392 e. The van der Waals surface area contributed by atoms with Gasteiger partial charge in [-0.1, -0.05) is 31.5 Å². The van der Waals surface area contributed by atoms with Crippen molar-refractivity contribution in [2.75, 3.05) is 19.0 Å². The van der Waals surface area contributed by atoms with Crippen LogP contribution in [0.25, 0.3) is 0 Å². The number of rotatable bonds is 8. The maximum Gasteiger partial charge on any atom is 0.214 e. The zero-order valence-corrected chi connectivity index (χ0v) is 13.1. The lowest BCUT2D eigenvalue weighted by atomic mass is 9.84. The fourth-order valence-electron chi connectivity index (χ4n) is 2.42. The van der Waals surface area contributed by atoms with Crippen LogP contribution in [0.2, 0.25) is 0 Å². The van der Waals surface area contributed by atoms with Gasteiger partial charge in [0.05, 0.1) is 23.4 Å². The molecular formula is C12H24N2O3S2.